The first-order valence-corrected chi connectivity index (χ1v) is 6.84. The van der Waals surface area contributed by atoms with Crippen LogP contribution in [-0.2, 0) is 9.53 Å². The van der Waals surface area contributed by atoms with Crippen LogP contribution in [0.3, 0.4) is 0 Å². The molecule has 2 atom stereocenters. The Hall–Kier alpha value is -1.39. The van der Waals surface area contributed by atoms with Crippen LogP contribution in [0.2, 0.25) is 0 Å². The maximum Gasteiger partial charge on any atom is 0.223 e. The van der Waals surface area contributed by atoms with E-state index in [1.807, 2.05) is 42.2 Å². The van der Waals surface area contributed by atoms with Crippen molar-refractivity contribution in [3.05, 3.63) is 35.9 Å². The molecule has 4 heteroatoms. The lowest BCUT2D eigenvalue weighted by atomic mass is 9.89. The van der Waals surface area contributed by atoms with Crippen LogP contribution < -0.4 is 5.73 Å². The van der Waals surface area contributed by atoms with E-state index in [-0.39, 0.29) is 17.9 Å². The molecule has 1 amide bonds. The maximum absolute atomic E-state index is 12.3. The second kappa shape index (κ2) is 6.68. The van der Waals surface area contributed by atoms with Crippen molar-refractivity contribution in [1.29, 1.82) is 0 Å². The molecule has 104 valence electrons. The highest BCUT2D eigenvalue weighted by Crippen LogP contribution is 2.23. The van der Waals surface area contributed by atoms with Gasteiger partial charge >= 0.3 is 0 Å². The highest BCUT2D eigenvalue weighted by Gasteiger charge is 2.24. The molecule has 1 aliphatic rings. The zero-order chi connectivity index (χ0) is 13.7. The van der Waals surface area contributed by atoms with Gasteiger partial charge in [0.15, 0.2) is 0 Å². The number of carbonyl (C=O) groups excluding carboxylic acids is 1. The summed E-state index contributed by atoms with van der Waals surface area (Å²) in [6.07, 6.45) is 0.474. The van der Waals surface area contributed by atoms with E-state index in [0.29, 0.717) is 32.7 Å². The third kappa shape index (κ3) is 3.78. The Morgan fingerprint density at radius 1 is 1.32 bits per heavy atom. The number of hydrogen-bond acceptors (Lipinski definition) is 3. The first-order chi connectivity index (χ1) is 9.18. The molecule has 0 radical (unpaired) electrons. The fourth-order valence-corrected chi connectivity index (χ4v) is 2.44. The average molecular weight is 262 g/mol. The molecule has 0 unspecified atom stereocenters. The van der Waals surface area contributed by atoms with Crippen molar-refractivity contribution in [2.45, 2.75) is 25.3 Å². The fraction of sp³-hybridized carbons (Fsp3) is 0.533. The Kier molecular flexibility index (Phi) is 4.93. The normalized spacial score (nSPS) is 18.9. The van der Waals surface area contributed by atoms with Crippen molar-refractivity contribution in [3.63, 3.8) is 0 Å². The molecular weight excluding hydrogens is 240 g/mol. The van der Waals surface area contributed by atoms with E-state index >= 15 is 0 Å². The summed E-state index contributed by atoms with van der Waals surface area (Å²) >= 11 is 0. The summed E-state index contributed by atoms with van der Waals surface area (Å²) in [4.78, 5) is 14.2. The predicted octanol–water partition coefficient (Wildman–Crippen LogP) is 1.37. The summed E-state index contributed by atoms with van der Waals surface area (Å²) in [6, 6.07) is 10.0. The van der Waals surface area contributed by atoms with Crippen LogP contribution in [0.5, 0.6) is 0 Å². The Balaban J connectivity index is 2.02. The van der Waals surface area contributed by atoms with Gasteiger partial charge < -0.3 is 15.4 Å². The van der Waals surface area contributed by atoms with Crippen LogP contribution in [0, 0.1) is 0 Å². The topological polar surface area (TPSA) is 55.6 Å². The average Bonchev–Trinajstić information content (AvgIpc) is 2.46. The van der Waals surface area contributed by atoms with Crippen molar-refractivity contribution in [1.82, 2.24) is 4.90 Å². The molecule has 1 fully saturated rings. The molecule has 4 nitrogen and oxygen atoms in total. The van der Waals surface area contributed by atoms with Crippen molar-refractivity contribution in [2.75, 3.05) is 26.3 Å². The molecule has 1 saturated heterocycles. The third-order valence-electron chi connectivity index (χ3n) is 3.62. The highest BCUT2D eigenvalue weighted by atomic mass is 16.5. The summed E-state index contributed by atoms with van der Waals surface area (Å²) in [5.41, 5.74) is 7.19. The molecule has 1 aromatic rings. The SMILES string of the molecule is C[C@@H](N)[C@@H](CC(=O)N1CCOCC1)c1ccccc1. The molecule has 0 spiro atoms. The molecule has 0 bridgehead atoms. The van der Waals surface area contributed by atoms with Crippen LogP contribution in [0.4, 0.5) is 0 Å². The van der Waals surface area contributed by atoms with Crippen LogP contribution in [0.15, 0.2) is 30.3 Å². The molecular formula is C15H22N2O2. The summed E-state index contributed by atoms with van der Waals surface area (Å²) in [5, 5.41) is 0. The smallest absolute Gasteiger partial charge is 0.223 e. The zero-order valence-corrected chi connectivity index (χ0v) is 11.4. The van der Waals surface area contributed by atoms with E-state index in [9.17, 15) is 4.79 Å². The van der Waals surface area contributed by atoms with Crippen molar-refractivity contribution in [2.24, 2.45) is 5.73 Å². The highest BCUT2D eigenvalue weighted by molar-refractivity contribution is 5.77. The number of amides is 1. The molecule has 2 rings (SSSR count). The lowest BCUT2D eigenvalue weighted by Crippen LogP contribution is -2.42. The summed E-state index contributed by atoms with van der Waals surface area (Å²) < 4.78 is 5.27. The van der Waals surface area contributed by atoms with Gasteiger partial charge in [-0.1, -0.05) is 30.3 Å². The Morgan fingerprint density at radius 2 is 1.95 bits per heavy atom. The number of carbonyl (C=O) groups is 1. The van der Waals surface area contributed by atoms with Crippen LogP contribution >= 0.6 is 0 Å². The lowest BCUT2D eigenvalue weighted by molar-refractivity contribution is -0.135. The molecule has 2 N–H and O–H groups in total. The minimum absolute atomic E-state index is 0.0348. The number of hydrogen-bond donors (Lipinski definition) is 1. The quantitative estimate of drug-likeness (QED) is 0.891. The van der Waals surface area contributed by atoms with Crippen molar-refractivity contribution in [3.8, 4) is 0 Å². The Labute approximate surface area is 114 Å². The van der Waals surface area contributed by atoms with E-state index in [0.717, 1.165) is 5.56 Å². The van der Waals surface area contributed by atoms with Gasteiger partial charge in [-0.3, -0.25) is 4.79 Å². The molecule has 1 aliphatic heterocycles. The van der Waals surface area contributed by atoms with Gasteiger partial charge in [-0.2, -0.15) is 0 Å². The fourth-order valence-electron chi connectivity index (χ4n) is 2.44. The van der Waals surface area contributed by atoms with E-state index in [4.69, 9.17) is 10.5 Å². The first kappa shape index (κ1) is 14.0. The lowest BCUT2D eigenvalue weighted by Gasteiger charge is -2.29. The summed E-state index contributed by atoms with van der Waals surface area (Å²) in [5.74, 6) is 0.256. The van der Waals surface area contributed by atoms with Gasteiger partial charge in [0, 0.05) is 31.5 Å². The zero-order valence-electron chi connectivity index (χ0n) is 11.4. The van der Waals surface area contributed by atoms with Gasteiger partial charge in [-0.25, -0.2) is 0 Å². The second-order valence-electron chi connectivity index (χ2n) is 5.07. The monoisotopic (exact) mass is 262 g/mol. The number of benzene rings is 1. The second-order valence-corrected chi connectivity index (χ2v) is 5.07. The van der Waals surface area contributed by atoms with Crippen LogP contribution in [0.1, 0.15) is 24.8 Å². The predicted molar refractivity (Wildman–Crippen MR) is 74.8 cm³/mol. The summed E-state index contributed by atoms with van der Waals surface area (Å²) in [6.45, 7) is 4.63. The molecule has 1 aromatic carbocycles. The number of nitrogens with zero attached hydrogens (tertiary/aromatic N) is 1. The standard InChI is InChI=1S/C15H22N2O2/c1-12(16)14(13-5-3-2-4-6-13)11-15(18)17-7-9-19-10-8-17/h2-6,12,14H,7-11,16H2,1H3/t12-,14-/m1/s1. The first-order valence-electron chi connectivity index (χ1n) is 6.84. The van der Waals surface area contributed by atoms with Gasteiger partial charge in [-0.15, -0.1) is 0 Å². The summed E-state index contributed by atoms with van der Waals surface area (Å²) in [7, 11) is 0. The van der Waals surface area contributed by atoms with Crippen LogP contribution in [0.25, 0.3) is 0 Å². The van der Waals surface area contributed by atoms with Gasteiger partial charge in [0.05, 0.1) is 13.2 Å². The molecule has 0 saturated carbocycles. The number of morpholine rings is 1. The maximum atomic E-state index is 12.3. The van der Waals surface area contributed by atoms with Gasteiger partial charge in [0.25, 0.3) is 0 Å². The number of ether oxygens (including phenoxy) is 1. The van der Waals surface area contributed by atoms with Gasteiger partial charge in [-0.05, 0) is 12.5 Å². The minimum atomic E-state index is -0.0348. The van der Waals surface area contributed by atoms with E-state index in [2.05, 4.69) is 0 Å². The van der Waals surface area contributed by atoms with E-state index in [1.165, 1.54) is 0 Å². The molecule has 1 heterocycles. The van der Waals surface area contributed by atoms with Crippen molar-refractivity contribution < 1.29 is 9.53 Å². The van der Waals surface area contributed by atoms with Gasteiger partial charge in [0.2, 0.25) is 5.91 Å². The minimum Gasteiger partial charge on any atom is -0.378 e. The Morgan fingerprint density at radius 3 is 2.53 bits per heavy atom. The van der Waals surface area contributed by atoms with Crippen LogP contribution in [-0.4, -0.2) is 43.2 Å². The number of nitrogens with two attached hydrogens (primary N) is 1. The molecule has 0 aromatic heterocycles. The van der Waals surface area contributed by atoms with E-state index in [1.54, 1.807) is 0 Å². The Bertz CT molecular complexity index is 400. The third-order valence-corrected chi connectivity index (χ3v) is 3.62. The van der Waals surface area contributed by atoms with Gasteiger partial charge in [0.1, 0.15) is 0 Å². The van der Waals surface area contributed by atoms with Crippen molar-refractivity contribution >= 4 is 5.91 Å². The van der Waals surface area contributed by atoms with E-state index < -0.39 is 0 Å². The number of rotatable bonds is 4. The largest absolute Gasteiger partial charge is 0.378 e. The molecule has 19 heavy (non-hydrogen) atoms. The molecule has 0 aliphatic carbocycles.